The van der Waals surface area contributed by atoms with Gasteiger partial charge in [0.15, 0.2) is 0 Å². The van der Waals surface area contributed by atoms with Crippen molar-refractivity contribution in [2.75, 3.05) is 7.11 Å². The normalized spacial score (nSPS) is 14.1. The van der Waals surface area contributed by atoms with Crippen LogP contribution >= 0.6 is 0 Å². The molecule has 2 rings (SSSR count). The van der Waals surface area contributed by atoms with Crippen molar-refractivity contribution in [2.45, 2.75) is 90.3 Å². The van der Waals surface area contributed by atoms with Crippen LogP contribution in [0.25, 0.3) is 0 Å². The molecule has 0 saturated heterocycles. The van der Waals surface area contributed by atoms with Gasteiger partial charge in [0, 0.05) is 12.5 Å². The summed E-state index contributed by atoms with van der Waals surface area (Å²) in [7, 11) is -2.44. The fourth-order valence-corrected chi connectivity index (χ4v) is 4.93. The number of ether oxygens (including phenoxy) is 1. The molecule has 0 radical (unpaired) electrons. The highest BCUT2D eigenvalue weighted by Gasteiger charge is 2.40. The van der Waals surface area contributed by atoms with Gasteiger partial charge in [-0.3, -0.25) is 0 Å². The molecule has 0 aliphatic rings. The van der Waals surface area contributed by atoms with Crippen LogP contribution in [-0.2, 0) is 6.42 Å². The minimum absolute atomic E-state index is 0.0746. The topological polar surface area (TPSA) is 47.9 Å². The summed E-state index contributed by atoms with van der Waals surface area (Å²) in [5, 5.41) is 11.3. The maximum Gasteiger partial charge on any atom is 0.250 e. The van der Waals surface area contributed by atoms with Gasteiger partial charge < -0.3 is 18.7 Å². The van der Waals surface area contributed by atoms with Crippen molar-refractivity contribution in [2.24, 2.45) is 0 Å². The molecule has 0 spiro atoms. The molecule has 0 amide bonds. The summed E-state index contributed by atoms with van der Waals surface area (Å²) in [5.41, 5.74) is 1.86. The van der Waals surface area contributed by atoms with Crippen LogP contribution < -0.4 is 13.6 Å². The molecule has 33 heavy (non-hydrogen) atoms. The lowest BCUT2D eigenvalue weighted by molar-refractivity contribution is 0.178. The molecule has 1 N–H and O–H groups in total. The third-order valence-corrected chi connectivity index (χ3v) is 16.0. The zero-order valence-corrected chi connectivity index (χ0v) is 24.5. The molecule has 0 unspecified atom stereocenters. The first-order valence-corrected chi connectivity index (χ1v) is 17.6. The van der Waals surface area contributed by atoms with E-state index in [1.165, 1.54) is 0 Å². The van der Waals surface area contributed by atoms with E-state index < -0.39 is 22.7 Å². The average molecular weight is 489 g/mol. The standard InChI is InChI=1S/C27H44O4Si2/c1-26(2,3)32(8,9)30-23-17-21(18-24(19-23)31-33(10,11)27(4,5)6)25(28)16-20-12-14-22(29-7)15-13-20/h12-15,17-19,25,28H,16H2,1-11H3/t25-/m1/s1. The quantitative estimate of drug-likeness (QED) is 0.386. The van der Waals surface area contributed by atoms with E-state index in [4.69, 9.17) is 13.6 Å². The van der Waals surface area contributed by atoms with E-state index in [1.54, 1.807) is 7.11 Å². The van der Waals surface area contributed by atoms with Crippen molar-refractivity contribution < 1.29 is 18.7 Å². The Kier molecular flexibility index (Phi) is 8.20. The van der Waals surface area contributed by atoms with Gasteiger partial charge in [0.2, 0.25) is 16.6 Å². The molecule has 0 bridgehead atoms. The molecule has 0 fully saturated rings. The van der Waals surface area contributed by atoms with Crippen LogP contribution in [0.4, 0.5) is 0 Å². The van der Waals surface area contributed by atoms with Crippen LogP contribution in [-0.4, -0.2) is 28.9 Å². The molecular weight excluding hydrogens is 444 g/mol. The molecule has 184 valence electrons. The Balaban J connectivity index is 2.42. The van der Waals surface area contributed by atoms with Gasteiger partial charge in [-0.2, -0.15) is 0 Å². The smallest absolute Gasteiger partial charge is 0.250 e. The highest BCUT2D eigenvalue weighted by molar-refractivity contribution is 6.75. The Labute approximate surface area is 203 Å². The average Bonchev–Trinajstić information content (AvgIpc) is 2.65. The van der Waals surface area contributed by atoms with E-state index in [0.29, 0.717) is 6.42 Å². The van der Waals surface area contributed by atoms with Crippen LogP contribution in [0.2, 0.25) is 36.3 Å². The van der Waals surface area contributed by atoms with Crippen LogP contribution in [0.5, 0.6) is 17.2 Å². The number of aliphatic hydroxyl groups excluding tert-OH is 1. The number of rotatable bonds is 8. The summed E-state index contributed by atoms with van der Waals surface area (Å²) in [4.78, 5) is 0. The fourth-order valence-electron chi connectivity index (χ4n) is 2.90. The number of methoxy groups -OCH3 is 1. The Bertz CT molecular complexity index is 876. The monoisotopic (exact) mass is 488 g/mol. The summed E-state index contributed by atoms with van der Waals surface area (Å²) in [6, 6.07) is 13.8. The predicted octanol–water partition coefficient (Wildman–Crippen LogP) is 7.74. The van der Waals surface area contributed by atoms with Gasteiger partial charge in [0.25, 0.3) is 0 Å². The second kappa shape index (κ2) is 9.84. The summed E-state index contributed by atoms with van der Waals surface area (Å²) in [5.74, 6) is 2.37. The van der Waals surface area contributed by atoms with Crippen molar-refractivity contribution in [1.82, 2.24) is 0 Å². The molecule has 1 atom stereocenters. The first-order chi connectivity index (χ1) is 14.9. The van der Waals surface area contributed by atoms with E-state index in [2.05, 4.69) is 67.7 Å². The third-order valence-electron chi connectivity index (χ3n) is 7.23. The Morgan fingerprint density at radius 2 is 1.15 bits per heavy atom. The van der Waals surface area contributed by atoms with Crippen molar-refractivity contribution in [3.05, 3.63) is 53.6 Å². The Morgan fingerprint density at radius 1 is 0.727 bits per heavy atom. The maximum atomic E-state index is 11.1. The lowest BCUT2D eigenvalue weighted by Crippen LogP contribution is -2.44. The second-order valence-electron chi connectivity index (χ2n) is 12.0. The molecule has 0 aliphatic heterocycles. The molecular formula is C27H44O4Si2. The zero-order chi connectivity index (χ0) is 25.2. The van der Waals surface area contributed by atoms with Crippen molar-refractivity contribution >= 4 is 16.6 Å². The van der Waals surface area contributed by atoms with E-state index in [1.807, 2.05) is 42.5 Å². The van der Waals surface area contributed by atoms with Gasteiger partial charge >= 0.3 is 0 Å². The van der Waals surface area contributed by atoms with Gasteiger partial charge in [0.05, 0.1) is 13.2 Å². The van der Waals surface area contributed by atoms with Crippen molar-refractivity contribution in [1.29, 1.82) is 0 Å². The fraction of sp³-hybridized carbons (Fsp3) is 0.556. The maximum absolute atomic E-state index is 11.1. The molecule has 4 nitrogen and oxygen atoms in total. The van der Waals surface area contributed by atoms with E-state index >= 15 is 0 Å². The van der Waals surface area contributed by atoms with Gasteiger partial charge in [-0.25, -0.2) is 0 Å². The van der Waals surface area contributed by atoms with Gasteiger partial charge in [0.1, 0.15) is 17.2 Å². The molecule has 2 aromatic carbocycles. The van der Waals surface area contributed by atoms with Crippen molar-refractivity contribution in [3.8, 4) is 17.2 Å². The van der Waals surface area contributed by atoms with Gasteiger partial charge in [-0.05, 0) is 71.7 Å². The summed E-state index contributed by atoms with van der Waals surface area (Å²) >= 11 is 0. The Morgan fingerprint density at radius 3 is 1.52 bits per heavy atom. The second-order valence-corrected chi connectivity index (χ2v) is 21.5. The Hall–Kier alpha value is -1.77. The zero-order valence-electron chi connectivity index (χ0n) is 22.5. The highest BCUT2D eigenvalue weighted by atomic mass is 28.4. The lowest BCUT2D eigenvalue weighted by atomic mass is 10.0. The first kappa shape index (κ1) is 27.5. The SMILES string of the molecule is COc1ccc(C[C@@H](O)c2cc(O[Si](C)(C)C(C)(C)C)cc(O[Si](C)(C)C(C)(C)C)c2)cc1. The number of benzene rings is 2. The molecule has 6 heteroatoms. The molecule has 2 aromatic rings. The summed E-state index contributed by atoms with van der Waals surface area (Å²) < 4.78 is 18.5. The molecule has 0 aliphatic carbocycles. The van der Waals surface area contributed by atoms with Crippen LogP contribution in [0, 0.1) is 0 Å². The third kappa shape index (κ3) is 7.11. The first-order valence-electron chi connectivity index (χ1n) is 11.8. The van der Waals surface area contributed by atoms with Crippen LogP contribution in [0.15, 0.2) is 42.5 Å². The molecule has 0 saturated carbocycles. The summed E-state index contributed by atoms with van der Waals surface area (Å²) in [6.07, 6.45) is -0.157. The van der Waals surface area contributed by atoms with E-state index in [0.717, 1.165) is 28.4 Å². The number of hydrogen-bond acceptors (Lipinski definition) is 4. The minimum Gasteiger partial charge on any atom is -0.543 e. The minimum atomic E-state index is -2.05. The summed E-state index contributed by atoms with van der Waals surface area (Å²) in [6.45, 7) is 22.3. The predicted molar refractivity (Wildman–Crippen MR) is 144 cm³/mol. The van der Waals surface area contributed by atoms with Crippen molar-refractivity contribution in [3.63, 3.8) is 0 Å². The molecule has 0 heterocycles. The van der Waals surface area contributed by atoms with Crippen LogP contribution in [0.1, 0.15) is 58.8 Å². The van der Waals surface area contributed by atoms with E-state index in [9.17, 15) is 5.11 Å². The van der Waals surface area contributed by atoms with Gasteiger partial charge in [-0.1, -0.05) is 53.7 Å². The van der Waals surface area contributed by atoms with Crippen LogP contribution in [0.3, 0.4) is 0 Å². The number of hydrogen-bond donors (Lipinski definition) is 1. The molecule has 0 aromatic heterocycles. The lowest BCUT2D eigenvalue weighted by Gasteiger charge is -2.38. The van der Waals surface area contributed by atoms with E-state index in [-0.39, 0.29) is 10.1 Å². The highest BCUT2D eigenvalue weighted by Crippen LogP contribution is 2.41. The number of aliphatic hydroxyl groups is 1. The van der Waals surface area contributed by atoms with Gasteiger partial charge in [-0.15, -0.1) is 0 Å². The largest absolute Gasteiger partial charge is 0.543 e.